The summed E-state index contributed by atoms with van der Waals surface area (Å²) in [6.07, 6.45) is 13.1. The van der Waals surface area contributed by atoms with Crippen LogP contribution in [-0.4, -0.2) is 30.8 Å². The van der Waals surface area contributed by atoms with E-state index in [1.165, 1.54) is 57.8 Å². The summed E-state index contributed by atoms with van der Waals surface area (Å²) in [4.78, 5) is 16.3. The van der Waals surface area contributed by atoms with Gasteiger partial charge in [-0.3, -0.25) is 4.79 Å². The highest BCUT2D eigenvalue weighted by molar-refractivity contribution is 5.73. The van der Waals surface area contributed by atoms with E-state index in [0.717, 1.165) is 24.3 Å². The molecule has 0 unspecified atom stereocenters. The maximum atomic E-state index is 11.8. The molecule has 6 nitrogen and oxygen atoms in total. The van der Waals surface area contributed by atoms with Crippen LogP contribution in [0.15, 0.2) is 28.7 Å². The van der Waals surface area contributed by atoms with Crippen LogP contribution in [-0.2, 0) is 16.0 Å². The molecule has 33 heavy (non-hydrogen) atoms. The van der Waals surface area contributed by atoms with Gasteiger partial charge in [0.2, 0.25) is 5.89 Å². The Labute approximate surface area is 199 Å². The molecule has 1 heterocycles. The second-order valence-corrected chi connectivity index (χ2v) is 8.22. The van der Waals surface area contributed by atoms with E-state index in [-0.39, 0.29) is 18.3 Å². The third kappa shape index (κ3) is 10.3. The maximum absolute atomic E-state index is 11.8. The van der Waals surface area contributed by atoms with Crippen molar-refractivity contribution in [2.75, 3.05) is 19.8 Å². The van der Waals surface area contributed by atoms with Gasteiger partial charge >= 0.3 is 11.9 Å². The van der Waals surface area contributed by atoms with E-state index in [1.54, 1.807) is 6.92 Å². The monoisotopic (exact) mass is 459 g/mol. The highest BCUT2D eigenvalue weighted by Crippen LogP contribution is 2.29. The molecule has 184 valence electrons. The number of hydrogen-bond acceptors (Lipinski definition) is 6. The van der Waals surface area contributed by atoms with Crippen LogP contribution >= 0.6 is 0 Å². The molecular weight excluding hydrogens is 418 g/mol. The number of benzene rings is 1. The van der Waals surface area contributed by atoms with E-state index in [1.807, 2.05) is 31.2 Å². The number of esters is 1. The average molecular weight is 460 g/mol. The number of oxazole rings is 1. The zero-order chi connectivity index (χ0) is 23.7. The molecule has 2 rings (SSSR count). The maximum Gasteiger partial charge on any atom is 0.312 e. The molecule has 0 saturated heterocycles. The Bertz CT molecular complexity index is 784. The lowest BCUT2D eigenvalue weighted by Crippen LogP contribution is -2.09. The SMILES string of the molecule is CCCCCCCCCCCCOc1ccc(-c2nc(CC(=O)OCC)c(OCC)o2)cc1. The molecule has 1 aromatic heterocycles. The van der Waals surface area contributed by atoms with Crippen molar-refractivity contribution in [3.63, 3.8) is 0 Å². The second kappa shape index (κ2) is 16.2. The van der Waals surface area contributed by atoms with Crippen molar-refractivity contribution in [2.45, 2.75) is 91.4 Å². The quantitative estimate of drug-likeness (QED) is 0.174. The van der Waals surface area contributed by atoms with E-state index in [9.17, 15) is 4.79 Å². The summed E-state index contributed by atoms with van der Waals surface area (Å²) < 4.78 is 22.1. The van der Waals surface area contributed by atoms with Gasteiger partial charge < -0.3 is 18.6 Å². The summed E-state index contributed by atoms with van der Waals surface area (Å²) in [6.45, 7) is 7.38. The Hall–Kier alpha value is -2.50. The molecule has 0 radical (unpaired) electrons. The zero-order valence-electron chi connectivity index (χ0n) is 20.7. The van der Waals surface area contributed by atoms with Gasteiger partial charge in [-0.1, -0.05) is 64.7 Å². The number of carbonyl (C=O) groups excluding carboxylic acids is 1. The van der Waals surface area contributed by atoms with Crippen molar-refractivity contribution in [1.29, 1.82) is 0 Å². The van der Waals surface area contributed by atoms with Gasteiger partial charge in [0.05, 0.1) is 26.2 Å². The predicted octanol–water partition coefficient (Wildman–Crippen LogP) is 7.15. The topological polar surface area (TPSA) is 70.8 Å². The molecule has 6 heteroatoms. The summed E-state index contributed by atoms with van der Waals surface area (Å²) in [5.74, 6) is 1.16. The smallest absolute Gasteiger partial charge is 0.312 e. The Morgan fingerprint density at radius 1 is 0.818 bits per heavy atom. The lowest BCUT2D eigenvalue weighted by atomic mass is 10.1. The molecule has 0 spiro atoms. The van der Waals surface area contributed by atoms with E-state index in [2.05, 4.69) is 11.9 Å². The third-order valence-electron chi connectivity index (χ3n) is 5.42. The van der Waals surface area contributed by atoms with Gasteiger partial charge in [-0.05, 0) is 44.5 Å². The standard InChI is InChI=1S/C27H41NO5/c1-4-7-8-9-10-11-12-13-14-15-20-32-23-18-16-22(17-19-23)26-28-24(21-25(29)30-5-2)27(33-26)31-6-3/h16-19H,4-15,20-21H2,1-3H3. The lowest BCUT2D eigenvalue weighted by molar-refractivity contribution is -0.142. The summed E-state index contributed by atoms with van der Waals surface area (Å²) >= 11 is 0. The molecule has 1 aromatic carbocycles. The molecule has 0 N–H and O–H groups in total. The van der Waals surface area contributed by atoms with E-state index >= 15 is 0 Å². The molecule has 0 aliphatic rings. The van der Waals surface area contributed by atoms with Crippen LogP contribution in [0.3, 0.4) is 0 Å². The lowest BCUT2D eigenvalue weighted by Gasteiger charge is -2.06. The minimum absolute atomic E-state index is 0.0206. The third-order valence-corrected chi connectivity index (χ3v) is 5.42. The fourth-order valence-electron chi connectivity index (χ4n) is 3.64. The van der Waals surface area contributed by atoms with Gasteiger partial charge in [-0.15, -0.1) is 0 Å². The van der Waals surface area contributed by atoms with Crippen LogP contribution in [0.25, 0.3) is 11.5 Å². The van der Waals surface area contributed by atoms with Crippen molar-refractivity contribution in [3.8, 4) is 23.1 Å². The molecule has 0 atom stereocenters. The van der Waals surface area contributed by atoms with Gasteiger partial charge in [0, 0.05) is 5.56 Å². The van der Waals surface area contributed by atoms with Gasteiger partial charge in [-0.25, -0.2) is 4.98 Å². The molecule has 0 aliphatic carbocycles. The summed E-state index contributed by atoms with van der Waals surface area (Å²) in [5.41, 5.74) is 1.25. The highest BCUT2D eigenvalue weighted by Gasteiger charge is 2.19. The Kier molecular flexibility index (Phi) is 13.1. The first kappa shape index (κ1) is 26.7. The van der Waals surface area contributed by atoms with Gasteiger partial charge in [-0.2, -0.15) is 0 Å². The van der Waals surface area contributed by atoms with Crippen molar-refractivity contribution in [1.82, 2.24) is 4.98 Å². The molecule has 0 fully saturated rings. The number of aromatic nitrogens is 1. The highest BCUT2D eigenvalue weighted by atomic mass is 16.6. The van der Waals surface area contributed by atoms with Crippen LogP contribution in [0.5, 0.6) is 11.7 Å². The van der Waals surface area contributed by atoms with Crippen LogP contribution in [0, 0.1) is 0 Å². The minimum Gasteiger partial charge on any atom is -0.494 e. The van der Waals surface area contributed by atoms with Crippen LogP contribution in [0.2, 0.25) is 0 Å². The Morgan fingerprint density at radius 3 is 2.06 bits per heavy atom. The molecule has 2 aromatic rings. The van der Waals surface area contributed by atoms with Crippen LogP contribution in [0.4, 0.5) is 0 Å². The van der Waals surface area contributed by atoms with Gasteiger partial charge in [0.15, 0.2) is 0 Å². The fourth-order valence-corrected chi connectivity index (χ4v) is 3.64. The fraction of sp³-hybridized carbons (Fsp3) is 0.630. The molecule has 0 aliphatic heterocycles. The van der Waals surface area contributed by atoms with E-state index < -0.39 is 0 Å². The first-order chi connectivity index (χ1) is 16.2. The number of ether oxygens (including phenoxy) is 3. The predicted molar refractivity (Wildman–Crippen MR) is 131 cm³/mol. The van der Waals surface area contributed by atoms with Crippen molar-refractivity contribution in [2.24, 2.45) is 0 Å². The number of carbonyl (C=O) groups is 1. The molecule has 0 saturated carbocycles. The van der Waals surface area contributed by atoms with E-state index in [0.29, 0.717) is 24.8 Å². The van der Waals surface area contributed by atoms with E-state index in [4.69, 9.17) is 18.6 Å². The minimum atomic E-state index is -0.353. The molecule has 0 amide bonds. The number of nitrogens with zero attached hydrogens (tertiary/aromatic N) is 1. The second-order valence-electron chi connectivity index (χ2n) is 8.22. The van der Waals surface area contributed by atoms with Gasteiger partial charge in [0.1, 0.15) is 11.4 Å². The van der Waals surface area contributed by atoms with Crippen LogP contribution < -0.4 is 9.47 Å². The summed E-state index contributed by atoms with van der Waals surface area (Å²) in [6, 6.07) is 7.65. The number of hydrogen-bond donors (Lipinski definition) is 0. The number of unbranched alkanes of at least 4 members (excludes halogenated alkanes) is 9. The van der Waals surface area contributed by atoms with Crippen LogP contribution in [0.1, 0.15) is 90.7 Å². The first-order valence-electron chi connectivity index (χ1n) is 12.7. The summed E-state index contributed by atoms with van der Waals surface area (Å²) in [5, 5.41) is 0. The first-order valence-corrected chi connectivity index (χ1v) is 12.7. The van der Waals surface area contributed by atoms with Gasteiger partial charge in [0.25, 0.3) is 0 Å². The molecule has 0 bridgehead atoms. The van der Waals surface area contributed by atoms with Crippen molar-refractivity contribution >= 4 is 5.97 Å². The Morgan fingerprint density at radius 2 is 1.45 bits per heavy atom. The Balaban J connectivity index is 1.73. The van der Waals surface area contributed by atoms with Crippen molar-refractivity contribution < 1.29 is 23.4 Å². The zero-order valence-corrected chi connectivity index (χ0v) is 20.7. The largest absolute Gasteiger partial charge is 0.494 e. The summed E-state index contributed by atoms with van der Waals surface area (Å²) in [7, 11) is 0. The average Bonchev–Trinajstić information content (AvgIpc) is 3.20. The normalized spacial score (nSPS) is 10.9. The number of rotatable bonds is 18. The van der Waals surface area contributed by atoms with Crippen molar-refractivity contribution in [3.05, 3.63) is 30.0 Å². The molecular formula is C27H41NO5.